The highest BCUT2D eigenvalue weighted by Gasteiger charge is 2.37. The first kappa shape index (κ1) is 20.9. The number of likely N-dealkylation sites (tertiary alicyclic amines) is 1. The zero-order valence-corrected chi connectivity index (χ0v) is 17.5. The van der Waals surface area contributed by atoms with E-state index >= 15 is 0 Å². The third-order valence-electron chi connectivity index (χ3n) is 5.75. The molecule has 4 rings (SSSR count). The number of aromatic nitrogens is 1. The molecule has 1 aromatic heterocycles. The van der Waals surface area contributed by atoms with E-state index in [-0.39, 0.29) is 36.2 Å². The quantitative estimate of drug-likeness (QED) is 0.813. The van der Waals surface area contributed by atoms with E-state index in [1.54, 1.807) is 0 Å². The lowest BCUT2D eigenvalue weighted by atomic mass is 9.96. The third kappa shape index (κ3) is 4.11. The molecule has 1 unspecified atom stereocenters. The molecule has 152 valence electrons. The summed E-state index contributed by atoms with van der Waals surface area (Å²) in [5.74, 6) is 2.29. The minimum Gasteiger partial charge on any atom is -0.442 e. The van der Waals surface area contributed by atoms with E-state index in [4.69, 9.17) is 9.40 Å². The Labute approximate surface area is 173 Å². The molecule has 0 bridgehead atoms. The van der Waals surface area contributed by atoms with Gasteiger partial charge < -0.3 is 14.6 Å². The molecule has 5 nitrogen and oxygen atoms in total. The number of halogens is 1. The first-order valence-electron chi connectivity index (χ1n) is 10.2. The van der Waals surface area contributed by atoms with Crippen LogP contribution in [-0.2, 0) is 4.79 Å². The summed E-state index contributed by atoms with van der Waals surface area (Å²) in [7, 11) is 0. The molecule has 2 saturated heterocycles. The summed E-state index contributed by atoms with van der Waals surface area (Å²) >= 11 is 0. The molecule has 0 radical (unpaired) electrons. The van der Waals surface area contributed by atoms with Crippen molar-refractivity contribution < 1.29 is 9.21 Å². The van der Waals surface area contributed by atoms with Crippen LogP contribution in [0.4, 0.5) is 0 Å². The van der Waals surface area contributed by atoms with Gasteiger partial charge in [-0.2, -0.15) is 0 Å². The van der Waals surface area contributed by atoms with Crippen LogP contribution in [0.15, 0.2) is 34.7 Å². The van der Waals surface area contributed by atoms with E-state index in [2.05, 4.69) is 31.3 Å². The summed E-state index contributed by atoms with van der Waals surface area (Å²) in [6.45, 7) is 6.94. The Balaban J connectivity index is 0.00000225. The molecule has 6 heteroatoms. The summed E-state index contributed by atoms with van der Waals surface area (Å²) < 4.78 is 6.26. The van der Waals surface area contributed by atoms with Gasteiger partial charge in [-0.05, 0) is 38.8 Å². The molecule has 2 aliphatic heterocycles. The van der Waals surface area contributed by atoms with Gasteiger partial charge in [0.05, 0.1) is 0 Å². The SMILES string of the molecule is CC(C)c1oc(C2CCCN2C(=O)C2CCNCC2)nc1-c1ccccc1.Cl. The molecule has 2 aliphatic rings. The van der Waals surface area contributed by atoms with Crippen LogP contribution >= 0.6 is 12.4 Å². The normalized spacial score (nSPS) is 20.4. The second-order valence-corrected chi connectivity index (χ2v) is 8.00. The number of hydrogen-bond acceptors (Lipinski definition) is 4. The van der Waals surface area contributed by atoms with Gasteiger partial charge in [-0.25, -0.2) is 4.98 Å². The van der Waals surface area contributed by atoms with Gasteiger partial charge in [0.2, 0.25) is 11.8 Å². The van der Waals surface area contributed by atoms with Crippen molar-refractivity contribution in [2.24, 2.45) is 5.92 Å². The fourth-order valence-electron chi connectivity index (χ4n) is 4.28. The Kier molecular flexibility index (Phi) is 6.78. The average Bonchev–Trinajstić information content (AvgIpc) is 3.36. The van der Waals surface area contributed by atoms with Crippen molar-refractivity contribution in [1.29, 1.82) is 0 Å². The molecule has 3 heterocycles. The van der Waals surface area contributed by atoms with E-state index < -0.39 is 0 Å². The van der Waals surface area contributed by atoms with Gasteiger partial charge >= 0.3 is 0 Å². The molecule has 1 aromatic carbocycles. The van der Waals surface area contributed by atoms with Crippen molar-refractivity contribution in [3.05, 3.63) is 42.0 Å². The Bertz CT molecular complexity index is 784. The second kappa shape index (κ2) is 9.10. The average molecular weight is 404 g/mol. The van der Waals surface area contributed by atoms with E-state index in [1.807, 2.05) is 23.1 Å². The number of nitrogens with one attached hydrogen (secondary N) is 1. The highest BCUT2D eigenvalue weighted by atomic mass is 35.5. The van der Waals surface area contributed by atoms with Crippen LogP contribution in [0.25, 0.3) is 11.3 Å². The topological polar surface area (TPSA) is 58.4 Å². The molecule has 1 amide bonds. The summed E-state index contributed by atoms with van der Waals surface area (Å²) in [4.78, 5) is 20.0. The molecule has 2 aromatic rings. The molecule has 1 atom stereocenters. The van der Waals surface area contributed by atoms with Crippen molar-refractivity contribution in [2.75, 3.05) is 19.6 Å². The second-order valence-electron chi connectivity index (χ2n) is 8.00. The van der Waals surface area contributed by atoms with Gasteiger partial charge in [-0.15, -0.1) is 12.4 Å². The summed E-state index contributed by atoms with van der Waals surface area (Å²) in [5, 5.41) is 3.34. The zero-order chi connectivity index (χ0) is 18.8. The number of amides is 1. The smallest absolute Gasteiger partial charge is 0.226 e. The van der Waals surface area contributed by atoms with Gasteiger partial charge in [0.15, 0.2) is 0 Å². The number of rotatable bonds is 4. The Morgan fingerprint density at radius 1 is 1.18 bits per heavy atom. The van der Waals surface area contributed by atoms with E-state index in [0.717, 1.165) is 62.3 Å². The lowest BCUT2D eigenvalue weighted by molar-refractivity contribution is -0.137. The largest absolute Gasteiger partial charge is 0.442 e. The molecule has 0 spiro atoms. The number of nitrogens with zero attached hydrogens (tertiary/aromatic N) is 2. The van der Waals surface area contributed by atoms with E-state index in [9.17, 15) is 4.79 Å². The van der Waals surface area contributed by atoms with Crippen LogP contribution in [0.1, 0.15) is 63.1 Å². The molecule has 0 aliphatic carbocycles. The molecule has 2 fully saturated rings. The maximum atomic E-state index is 13.1. The highest BCUT2D eigenvalue weighted by Crippen LogP contribution is 2.38. The number of carbonyl (C=O) groups excluding carboxylic acids is 1. The van der Waals surface area contributed by atoms with Crippen LogP contribution < -0.4 is 5.32 Å². The van der Waals surface area contributed by atoms with Crippen LogP contribution in [-0.4, -0.2) is 35.4 Å². The zero-order valence-electron chi connectivity index (χ0n) is 16.7. The number of carbonyl (C=O) groups is 1. The molecular formula is C22H30ClN3O2. The first-order valence-corrected chi connectivity index (χ1v) is 10.2. The minimum atomic E-state index is -0.0256. The van der Waals surface area contributed by atoms with Crippen LogP contribution in [0.5, 0.6) is 0 Å². The van der Waals surface area contributed by atoms with Crippen molar-refractivity contribution >= 4 is 18.3 Å². The molecule has 0 saturated carbocycles. The van der Waals surface area contributed by atoms with Crippen molar-refractivity contribution in [3.63, 3.8) is 0 Å². The molecule has 28 heavy (non-hydrogen) atoms. The monoisotopic (exact) mass is 403 g/mol. The minimum absolute atomic E-state index is 0. The van der Waals surface area contributed by atoms with E-state index in [0.29, 0.717) is 5.89 Å². The Morgan fingerprint density at radius 2 is 1.89 bits per heavy atom. The first-order chi connectivity index (χ1) is 13.1. The lowest BCUT2D eigenvalue weighted by Gasteiger charge is -2.29. The number of piperidine rings is 1. The van der Waals surface area contributed by atoms with Gasteiger partial charge in [-0.3, -0.25) is 4.79 Å². The number of oxazole rings is 1. The Morgan fingerprint density at radius 3 is 2.57 bits per heavy atom. The number of benzene rings is 1. The van der Waals surface area contributed by atoms with Crippen molar-refractivity contribution in [2.45, 2.75) is 51.5 Å². The number of hydrogen-bond donors (Lipinski definition) is 1. The maximum absolute atomic E-state index is 13.1. The van der Waals surface area contributed by atoms with E-state index in [1.165, 1.54) is 0 Å². The standard InChI is InChI=1S/C22H29N3O2.ClH/c1-15(2)20-19(16-7-4-3-5-8-16)24-21(27-20)18-9-6-14-25(18)22(26)17-10-12-23-13-11-17;/h3-5,7-8,15,17-18,23H,6,9-14H2,1-2H3;1H. The Hall–Kier alpha value is -1.85. The maximum Gasteiger partial charge on any atom is 0.226 e. The van der Waals surface area contributed by atoms with Gasteiger partial charge in [0.1, 0.15) is 17.5 Å². The molecule has 1 N–H and O–H groups in total. The van der Waals surface area contributed by atoms with Gasteiger partial charge in [0, 0.05) is 23.9 Å². The molecular weight excluding hydrogens is 374 g/mol. The summed E-state index contributed by atoms with van der Waals surface area (Å²) in [6.07, 6.45) is 3.81. The third-order valence-corrected chi connectivity index (χ3v) is 5.75. The van der Waals surface area contributed by atoms with Crippen LogP contribution in [0.2, 0.25) is 0 Å². The summed E-state index contributed by atoms with van der Waals surface area (Å²) in [6, 6.07) is 10.2. The van der Waals surface area contributed by atoms with Gasteiger partial charge in [-0.1, -0.05) is 44.2 Å². The van der Waals surface area contributed by atoms with Crippen molar-refractivity contribution in [3.8, 4) is 11.3 Å². The van der Waals surface area contributed by atoms with Crippen molar-refractivity contribution in [1.82, 2.24) is 15.2 Å². The fraction of sp³-hybridized carbons (Fsp3) is 0.545. The fourth-order valence-corrected chi connectivity index (χ4v) is 4.28. The summed E-state index contributed by atoms with van der Waals surface area (Å²) in [5.41, 5.74) is 1.99. The highest BCUT2D eigenvalue weighted by molar-refractivity contribution is 5.85. The lowest BCUT2D eigenvalue weighted by Crippen LogP contribution is -2.40. The predicted molar refractivity (Wildman–Crippen MR) is 113 cm³/mol. The van der Waals surface area contributed by atoms with Crippen LogP contribution in [0.3, 0.4) is 0 Å². The predicted octanol–water partition coefficient (Wildman–Crippen LogP) is 4.55. The van der Waals surface area contributed by atoms with Gasteiger partial charge in [0.25, 0.3) is 0 Å². The van der Waals surface area contributed by atoms with Crippen LogP contribution in [0, 0.1) is 5.92 Å².